The van der Waals surface area contributed by atoms with Gasteiger partial charge >= 0.3 is 47.2 Å². The molecule has 25 heteroatoms. The Morgan fingerprint density at radius 2 is 0.839 bits per heavy atom. The zero-order chi connectivity index (χ0) is 22.2. The Hall–Kier alpha value is -1.96. The number of aromatic carboxylic acids is 1. The zero-order valence-electron chi connectivity index (χ0n) is 15.0. The van der Waals surface area contributed by atoms with Gasteiger partial charge in [0.15, 0.2) is 0 Å². The molecule has 0 aliphatic carbocycles. The predicted octanol–water partition coefficient (Wildman–Crippen LogP) is 5.66. The average molecular weight is 584 g/mol. The van der Waals surface area contributed by atoms with Crippen LogP contribution in [-0.4, -0.2) is 37.8 Å². The molecule has 0 spiro atoms. The summed E-state index contributed by atoms with van der Waals surface area (Å²) in [4.78, 5) is 21.3. The molecule has 0 radical (unpaired) electrons. The minimum absolute atomic E-state index is 0. The fourth-order valence-electron chi connectivity index (χ4n) is 0.494. The van der Waals surface area contributed by atoms with Crippen LogP contribution in [0.5, 0.6) is 0 Å². The molecule has 1 rings (SSSR count). The van der Waals surface area contributed by atoms with E-state index in [-0.39, 0.29) is 49.6 Å². The first kappa shape index (κ1) is 56.9. The van der Waals surface area contributed by atoms with Gasteiger partial charge in [0.2, 0.25) is 0 Å². The maximum atomic E-state index is 10.2. The molecule has 0 aliphatic rings. The van der Waals surface area contributed by atoms with E-state index in [1.54, 1.807) is 0 Å². The SMILES string of the molecule is F[B-](F)(F)F.F[B-](F)(F)F.F[B-](F)(F)F.N.N.N.N.N=O.O=C(O)c1ccncc1.[Ru+2]. The molecule has 0 saturated heterocycles. The van der Waals surface area contributed by atoms with Gasteiger partial charge in [-0.15, -0.1) is 0 Å². The number of carboxylic acid groups (broad SMARTS) is 1. The van der Waals surface area contributed by atoms with Crippen molar-refractivity contribution in [1.29, 1.82) is 5.59 Å². The summed E-state index contributed by atoms with van der Waals surface area (Å²) in [6, 6.07) is 2.89. The van der Waals surface area contributed by atoms with Gasteiger partial charge in [0.05, 0.1) is 5.56 Å². The van der Waals surface area contributed by atoms with Crippen molar-refractivity contribution in [2.75, 3.05) is 0 Å². The Morgan fingerprint density at radius 1 is 0.677 bits per heavy atom. The molecule has 31 heavy (non-hydrogen) atoms. The topological polar surface area (TPSA) is 231 Å². The molecule has 0 aliphatic heterocycles. The Balaban J connectivity index is -0.0000000284. The maximum Gasteiger partial charge on any atom is 2.00 e. The Morgan fingerprint density at radius 3 is 0.935 bits per heavy atom. The number of nitroso groups, excluding NO2 is 1. The molecule has 192 valence electrons. The number of aromatic nitrogens is 1. The second kappa shape index (κ2) is 28.0. The summed E-state index contributed by atoms with van der Waals surface area (Å²) in [5.74, 6) is -0.919. The standard InChI is InChI=1S/C6H5NO2.3BF4.HNO.4H3N.Ru/c8-6(9)5-1-3-7-4-2-5;3*2-1(3,4)5;1-2;;;;;/h1-4H,(H,8,9);;;;1H;4*1H3;/q;3*-1;;;;;;+2. The van der Waals surface area contributed by atoms with Gasteiger partial charge in [0.25, 0.3) is 0 Å². The number of carbonyl (C=O) groups is 1. The van der Waals surface area contributed by atoms with Crippen LogP contribution < -0.4 is 24.6 Å². The van der Waals surface area contributed by atoms with Crippen molar-refractivity contribution in [1.82, 2.24) is 29.6 Å². The molecule has 14 N–H and O–H groups in total. The first-order chi connectivity index (χ1) is 11.3. The summed E-state index contributed by atoms with van der Waals surface area (Å²) >= 11 is 0. The van der Waals surface area contributed by atoms with Crippen molar-refractivity contribution >= 4 is 27.7 Å². The summed E-state index contributed by atoms with van der Waals surface area (Å²) in [6.07, 6.45) is 2.90. The Kier molecular flexibility index (Phi) is 51.4. The molecule has 0 aromatic carbocycles. The van der Waals surface area contributed by atoms with E-state index in [9.17, 15) is 56.6 Å². The first-order valence-corrected chi connectivity index (χ1v) is 5.26. The third-order valence-electron chi connectivity index (χ3n) is 0.927. The number of hydrogen-bond acceptors (Lipinski definition) is 8. The normalized spacial score (nSPS) is 8.52. The van der Waals surface area contributed by atoms with Crippen molar-refractivity contribution in [3.05, 3.63) is 35.0 Å². The number of hydrogen-bond donors (Lipinski definition) is 6. The van der Waals surface area contributed by atoms with Gasteiger partial charge in [0.1, 0.15) is 0 Å². The van der Waals surface area contributed by atoms with Gasteiger partial charge in [0, 0.05) is 12.4 Å². The molecule has 9 nitrogen and oxygen atoms in total. The molecule has 0 amide bonds. The number of pyridine rings is 1. The zero-order valence-corrected chi connectivity index (χ0v) is 16.7. The molecule has 0 bridgehead atoms. The molecular formula is C6H18B3F12N6O3Ru-. The van der Waals surface area contributed by atoms with Crippen LogP contribution >= 0.6 is 0 Å². The van der Waals surface area contributed by atoms with Crippen molar-refractivity contribution in [3.63, 3.8) is 0 Å². The third-order valence-corrected chi connectivity index (χ3v) is 0.927. The van der Waals surface area contributed by atoms with Crippen molar-refractivity contribution in [2.45, 2.75) is 0 Å². The number of nitrogens with zero attached hydrogens (tertiary/aromatic N) is 1. The van der Waals surface area contributed by atoms with E-state index in [1.165, 1.54) is 24.5 Å². The monoisotopic (exact) mass is 585 g/mol. The maximum absolute atomic E-state index is 10.2. The van der Waals surface area contributed by atoms with E-state index in [2.05, 4.69) is 10.6 Å². The number of nitrogens with one attached hydrogen (secondary N) is 1. The molecule has 0 unspecified atom stereocenters. The molecule has 0 atom stereocenters. The van der Waals surface area contributed by atoms with Gasteiger partial charge < -0.3 is 81.5 Å². The van der Waals surface area contributed by atoms with Crippen LogP contribution in [0.1, 0.15) is 10.4 Å². The third kappa shape index (κ3) is 189. The smallest absolute Gasteiger partial charge is 0.478 e. The fraction of sp³-hybridized carbons (Fsp3) is 0. The largest absolute Gasteiger partial charge is 2.00 e. The van der Waals surface area contributed by atoms with E-state index in [1.807, 2.05) is 0 Å². The van der Waals surface area contributed by atoms with Crippen molar-refractivity contribution in [3.8, 4) is 0 Å². The quantitative estimate of drug-likeness (QED) is 0.137. The molecule has 1 heterocycles. The first-order valence-electron chi connectivity index (χ1n) is 5.26. The number of halogens is 12. The van der Waals surface area contributed by atoms with Gasteiger partial charge in [-0.1, -0.05) is 5.59 Å². The van der Waals surface area contributed by atoms with Crippen LogP contribution in [0.25, 0.3) is 0 Å². The van der Waals surface area contributed by atoms with Gasteiger partial charge in [-0.05, 0) is 12.1 Å². The van der Waals surface area contributed by atoms with Crippen LogP contribution in [0.2, 0.25) is 0 Å². The molecule has 1 aromatic rings. The molecule has 0 fully saturated rings. The number of carboxylic acids is 1. The summed E-state index contributed by atoms with van der Waals surface area (Å²) in [7, 11) is -18.0. The van der Waals surface area contributed by atoms with Crippen LogP contribution in [0, 0.1) is 10.5 Å². The van der Waals surface area contributed by atoms with E-state index in [4.69, 9.17) is 10.0 Å². The Bertz CT molecular complexity index is 439. The Labute approximate surface area is 179 Å². The van der Waals surface area contributed by atoms with Gasteiger partial charge in [-0.25, -0.2) is 4.79 Å². The second-order valence-corrected chi connectivity index (χ2v) is 3.03. The van der Waals surface area contributed by atoms with E-state index in [0.717, 1.165) is 0 Å². The van der Waals surface area contributed by atoms with Crippen molar-refractivity contribution < 1.29 is 81.2 Å². The van der Waals surface area contributed by atoms with Crippen LogP contribution in [0.3, 0.4) is 0 Å². The van der Waals surface area contributed by atoms with Crippen LogP contribution in [-0.2, 0) is 19.5 Å². The second-order valence-electron chi connectivity index (χ2n) is 3.03. The van der Waals surface area contributed by atoms with E-state index < -0.39 is 27.7 Å². The molecule has 0 saturated carbocycles. The summed E-state index contributed by atoms with van der Waals surface area (Å²) in [5, 5.41) is 8.36. The average Bonchev–Trinajstić information content (AvgIpc) is 2.36. The van der Waals surface area contributed by atoms with Crippen LogP contribution in [0.4, 0.5) is 51.8 Å². The van der Waals surface area contributed by atoms with E-state index >= 15 is 0 Å². The van der Waals surface area contributed by atoms with Crippen molar-refractivity contribution in [2.24, 2.45) is 0 Å². The predicted molar refractivity (Wildman–Crippen MR) is 87.9 cm³/mol. The van der Waals surface area contributed by atoms with Gasteiger partial charge in [-0.3, -0.25) is 4.98 Å². The number of rotatable bonds is 1. The summed E-state index contributed by atoms with van der Waals surface area (Å²) < 4.78 is 117. The molecular weight excluding hydrogens is 566 g/mol. The molecule has 1 aromatic heterocycles. The minimum Gasteiger partial charge on any atom is -0.478 e. The summed E-state index contributed by atoms with van der Waals surface area (Å²) in [5.41, 5.74) is 4.77. The van der Waals surface area contributed by atoms with E-state index in [0.29, 0.717) is 0 Å². The van der Waals surface area contributed by atoms with Crippen LogP contribution in [0.15, 0.2) is 24.5 Å². The fourth-order valence-corrected chi connectivity index (χ4v) is 0.494. The van der Waals surface area contributed by atoms with Gasteiger partial charge in [-0.2, -0.15) is 4.91 Å². The minimum atomic E-state index is -6.00. The summed E-state index contributed by atoms with van der Waals surface area (Å²) in [6.45, 7) is 0.